The minimum Gasteiger partial charge on any atom is -0.459 e. The molecule has 1 aromatic heterocycles. The molecule has 0 saturated carbocycles. The van der Waals surface area contributed by atoms with Gasteiger partial charge in [-0.05, 0) is 23.1 Å². The molecule has 0 spiro atoms. The van der Waals surface area contributed by atoms with Crippen molar-refractivity contribution in [3.05, 3.63) is 126 Å². The van der Waals surface area contributed by atoms with Crippen molar-refractivity contribution in [1.29, 1.82) is 0 Å². The molecular weight excluding hydrogens is 695 g/mol. The number of imidazole rings is 1. The molecule has 0 aliphatic rings. The Balaban J connectivity index is 1.33. The number of esters is 1. The van der Waals surface area contributed by atoms with Crippen molar-refractivity contribution in [3.63, 3.8) is 0 Å². The Hall–Kier alpha value is -6.29. The summed E-state index contributed by atoms with van der Waals surface area (Å²) in [7, 11) is 5.32. The number of benzene rings is 3. The maximum Gasteiger partial charge on any atom is 0.419 e. The monoisotopic (exact) mass is 736 g/mol. The first-order valence-corrected chi connectivity index (χ1v) is 17.1. The lowest BCUT2D eigenvalue weighted by Crippen LogP contribution is -2.56. The van der Waals surface area contributed by atoms with Crippen LogP contribution in [0, 0.1) is 0 Å². The SMILES string of the molecule is [B]C(=O)N[C@@H](Cc1cn(C(=O)OCc2ccccc2)cn1)C(=O)NC(CCC)C(O)C(=O)NCC(=O)N[C@H](C(=O)OCc1ccccc1)c1ccccc1. The van der Waals surface area contributed by atoms with E-state index in [1.807, 2.05) is 24.3 Å². The number of nitrogens with one attached hydrogen (secondary N) is 4. The highest BCUT2D eigenvalue weighted by molar-refractivity contribution is 6.57. The van der Waals surface area contributed by atoms with Crippen LogP contribution < -0.4 is 21.3 Å². The number of hydrogen-bond acceptors (Lipinski definition) is 10. The van der Waals surface area contributed by atoms with Crippen molar-refractivity contribution in [1.82, 2.24) is 30.8 Å². The van der Waals surface area contributed by atoms with E-state index in [1.165, 1.54) is 12.5 Å². The average molecular weight is 737 g/mol. The number of nitrogens with zero attached hydrogens (tertiary/aromatic N) is 2. The number of hydrogen-bond donors (Lipinski definition) is 5. The van der Waals surface area contributed by atoms with Gasteiger partial charge in [0.2, 0.25) is 19.7 Å². The topological polar surface area (TPSA) is 207 Å². The number of aromatic nitrogens is 2. The van der Waals surface area contributed by atoms with Gasteiger partial charge in [-0.1, -0.05) is 104 Å². The molecule has 3 aromatic carbocycles. The summed E-state index contributed by atoms with van der Waals surface area (Å²) in [6.07, 6.45) is 0.372. The minimum atomic E-state index is -1.81. The number of aliphatic hydroxyl groups excluding tert-OH is 1. The average Bonchev–Trinajstić information content (AvgIpc) is 3.66. The molecule has 4 aromatic rings. The Morgan fingerprint density at radius 1 is 0.796 bits per heavy atom. The van der Waals surface area contributed by atoms with Gasteiger partial charge in [-0.25, -0.2) is 19.1 Å². The van der Waals surface area contributed by atoms with Gasteiger partial charge in [0.15, 0.2) is 18.0 Å². The quantitative estimate of drug-likeness (QED) is 0.0744. The zero-order valence-electron chi connectivity index (χ0n) is 29.6. The van der Waals surface area contributed by atoms with Crippen LogP contribution >= 0.6 is 0 Å². The lowest BCUT2D eigenvalue weighted by molar-refractivity contribution is -0.149. The summed E-state index contributed by atoms with van der Waals surface area (Å²) in [4.78, 5) is 80.8. The zero-order chi connectivity index (χ0) is 38.9. The first-order valence-electron chi connectivity index (χ1n) is 17.1. The van der Waals surface area contributed by atoms with Crippen LogP contribution in [-0.4, -0.2) is 82.8 Å². The fraction of sp³-hybridized carbons (Fsp3) is 0.289. The van der Waals surface area contributed by atoms with Gasteiger partial charge in [-0.3, -0.25) is 19.2 Å². The second-order valence-electron chi connectivity index (χ2n) is 12.1. The highest BCUT2D eigenvalue weighted by Crippen LogP contribution is 2.16. The largest absolute Gasteiger partial charge is 0.459 e. The third-order valence-corrected chi connectivity index (χ3v) is 8.00. The van der Waals surface area contributed by atoms with Crippen molar-refractivity contribution in [2.75, 3.05) is 6.54 Å². The highest BCUT2D eigenvalue weighted by atomic mass is 16.5. The van der Waals surface area contributed by atoms with Crippen LogP contribution in [-0.2, 0) is 48.3 Å². The van der Waals surface area contributed by atoms with Gasteiger partial charge in [-0.15, -0.1) is 0 Å². The maximum atomic E-state index is 13.4. The van der Waals surface area contributed by atoms with Crippen molar-refractivity contribution >= 4 is 43.4 Å². The molecular formula is C38H41BN6O9. The van der Waals surface area contributed by atoms with Crippen LogP contribution in [0.3, 0.4) is 0 Å². The van der Waals surface area contributed by atoms with Crippen LogP contribution in [0.5, 0.6) is 0 Å². The normalized spacial score (nSPS) is 12.9. The predicted octanol–water partition coefficient (Wildman–Crippen LogP) is 2.22. The maximum absolute atomic E-state index is 13.4. The van der Waals surface area contributed by atoms with E-state index in [-0.39, 0.29) is 31.7 Å². The summed E-state index contributed by atoms with van der Waals surface area (Å²) in [5, 5.41) is 20.7. The number of rotatable bonds is 18. The molecule has 16 heteroatoms. The van der Waals surface area contributed by atoms with Crippen molar-refractivity contribution < 1.29 is 43.3 Å². The number of amides is 4. The number of ether oxygens (including phenoxy) is 2. The molecule has 0 bridgehead atoms. The Morgan fingerprint density at radius 3 is 1.98 bits per heavy atom. The summed E-state index contributed by atoms with van der Waals surface area (Å²) in [6, 6.07) is 22.8. The zero-order valence-corrected chi connectivity index (χ0v) is 29.6. The van der Waals surface area contributed by atoms with Gasteiger partial charge >= 0.3 is 12.1 Å². The van der Waals surface area contributed by atoms with E-state index < -0.39 is 66.4 Å². The third kappa shape index (κ3) is 12.7. The van der Waals surface area contributed by atoms with E-state index in [4.69, 9.17) is 17.3 Å². The lowest BCUT2D eigenvalue weighted by Gasteiger charge is -2.26. The molecule has 2 unspecified atom stereocenters. The van der Waals surface area contributed by atoms with Crippen LogP contribution in [0.15, 0.2) is 104 Å². The molecule has 2 radical (unpaired) electrons. The molecule has 0 fully saturated rings. The number of carbonyl (C=O) groups is 6. The van der Waals surface area contributed by atoms with Crippen LogP contribution in [0.25, 0.3) is 0 Å². The summed E-state index contributed by atoms with van der Waals surface area (Å²) >= 11 is 0. The summed E-state index contributed by atoms with van der Waals surface area (Å²) in [5.41, 5.74) is 2.22. The molecule has 5 N–H and O–H groups in total. The molecule has 4 amide bonds. The number of carbonyl (C=O) groups excluding carboxylic acids is 6. The standard InChI is InChI=1S/C38H41BN6O9/c1-2-12-29(42-34(48)30(43-37(39)51)19-28-21-45(24-41-28)38(52)54-23-26-15-8-4-9-16-26)33(47)35(49)40-20-31(46)44-32(27-17-10-5-11-18-27)36(50)53-22-25-13-6-3-7-14-25/h3-11,13-18,21,24,29-30,32-33,47H,2,12,19-20,22-23H2,1H3,(H,40,49)(H,42,48)(H,43,51)(H,44,46)/t29?,30-,32-,33?/m0/s1. The van der Waals surface area contributed by atoms with E-state index in [9.17, 15) is 33.9 Å². The second kappa shape index (κ2) is 20.7. The van der Waals surface area contributed by atoms with Crippen molar-refractivity contribution in [3.8, 4) is 0 Å². The van der Waals surface area contributed by atoms with E-state index in [1.54, 1.807) is 73.7 Å². The van der Waals surface area contributed by atoms with Gasteiger partial charge in [-0.2, -0.15) is 0 Å². The molecule has 15 nitrogen and oxygen atoms in total. The Bertz CT molecular complexity index is 1860. The van der Waals surface area contributed by atoms with E-state index in [0.29, 0.717) is 12.0 Å². The van der Waals surface area contributed by atoms with Crippen LogP contribution in [0.1, 0.15) is 48.2 Å². The first-order chi connectivity index (χ1) is 26.0. The molecule has 0 aliphatic carbocycles. The highest BCUT2D eigenvalue weighted by Gasteiger charge is 2.31. The Morgan fingerprint density at radius 2 is 1.39 bits per heavy atom. The molecule has 0 aliphatic heterocycles. The predicted molar refractivity (Wildman–Crippen MR) is 195 cm³/mol. The molecule has 4 rings (SSSR count). The van der Waals surface area contributed by atoms with Crippen molar-refractivity contribution in [2.24, 2.45) is 0 Å². The van der Waals surface area contributed by atoms with Crippen LogP contribution in [0.2, 0.25) is 0 Å². The Labute approximate surface area is 313 Å². The minimum absolute atomic E-state index is 0.0186. The molecule has 54 heavy (non-hydrogen) atoms. The van der Waals surface area contributed by atoms with Gasteiger partial charge in [0.1, 0.15) is 25.6 Å². The van der Waals surface area contributed by atoms with Crippen LogP contribution in [0.4, 0.5) is 9.59 Å². The molecule has 1 heterocycles. The third-order valence-electron chi connectivity index (χ3n) is 8.00. The first kappa shape index (κ1) is 40.5. The van der Waals surface area contributed by atoms with E-state index in [0.717, 1.165) is 15.7 Å². The smallest absolute Gasteiger partial charge is 0.419 e. The Kier molecular flexibility index (Phi) is 15.5. The number of aliphatic hydroxyl groups is 1. The van der Waals surface area contributed by atoms with E-state index >= 15 is 0 Å². The fourth-order valence-electron chi connectivity index (χ4n) is 5.26. The van der Waals surface area contributed by atoms with Gasteiger partial charge in [0.05, 0.1) is 18.3 Å². The van der Waals surface area contributed by atoms with Gasteiger partial charge in [0.25, 0.3) is 5.91 Å². The lowest BCUT2D eigenvalue weighted by atomic mass is 10.0. The van der Waals surface area contributed by atoms with Gasteiger partial charge < -0.3 is 35.8 Å². The summed E-state index contributed by atoms with van der Waals surface area (Å²) < 4.78 is 11.8. The van der Waals surface area contributed by atoms with Crippen molar-refractivity contribution in [2.45, 2.75) is 63.6 Å². The summed E-state index contributed by atoms with van der Waals surface area (Å²) in [5.74, 6) is -4.25. The second-order valence-corrected chi connectivity index (χ2v) is 12.1. The fourth-order valence-corrected chi connectivity index (χ4v) is 5.26. The van der Waals surface area contributed by atoms with E-state index in [2.05, 4.69) is 26.3 Å². The molecule has 0 saturated heterocycles. The molecule has 4 atom stereocenters. The summed E-state index contributed by atoms with van der Waals surface area (Å²) in [6.45, 7) is 1.16. The van der Waals surface area contributed by atoms with Gasteiger partial charge in [0, 0.05) is 12.6 Å². The molecule has 280 valence electrons.